The lowest BCUT2D eigenvalue weighted by atomic mass is 10.3. The van der Waals surface area contributed by atoms with Gasteiger partial charge in [-0.2, -0.15) is 0 Å². The largest absolute Gasteiger partial charge is 0.393 e. The molecule has 0 aromatic rings. The third kappa shape index (κ3) is 0.716. The first-order valence-electron chi connectivity index (χ1n) is 2.39. The summed E-state index contributed by atoms with van der Waals surface area (Å²) in [6.45, 7) is 0. The average Bonchev–Trinajstić information content (AvgIpc) is 1.86. The molecule has 1 saturated carbocycles. The van der Waals surface area contributed by atoms with E-state index in [4.69, 9.17) is 5.11 Å². The Morgan fingerprint density at radius 1 is 1.67 bits per heavy atom. The Hall–Kier alpha value is -0.0400. The van der Waals surface area contributed by atoms with Crippen molar-refractivity contribution in [3.05, 3.63) is 6.42 Å². The van der Waals surface area contributed by atoms with Crippen LogP contribution < -0.4 is 0 Å². The van der Waals surface area contributed by atoms with E-state index in [1.54, 1.807) is 0 Å². The average molecular weight is 85.1 g/mol. The van der Waals surface area contributed by atoms with E-state index in [0.29, 0.717) is 0 Å². The third-order valence-electron chi connectivity index (χ3n) is 1.14. The maximum Gasteiger partial charge on any atom is 0.0543 e. The van der Waals surface area contributed by atoms with E-state index >= 15 is 0 Å². The summed E-state index contributed by atoms with van der Waals surface area (Å²) >= 11 is 0. The van der Waals surface area contributed by atoms with Crippen LogP contribution in [0, 0.1) is 6.42 Å². The fourth-order valence-corrected chi connectivity index (χ4v) is 0.738. The number of rotatable bonds is 0. The zero-order chi connectivity index (χ0) is 4.41. The van der Waals surface area contributed by atoms with Gasteiger partial charge in [-0.25, -0.2) is 0 Å². The van der Waals surface area contributed by atoms with Gasteiger partial charge >= 0.3 is 0 Å². The minimum atomic E-state index is -0.00926. The van der Waals surface area contributed by atoms with Gasteiger partial charge in [-0.3, -0.25) is 0 Å². The fraction of sp³-hybridized carbons (Fsp3) is 0.800. The number of hydrogen-bond donors (Lipinski definition) is 1. The van der Waals surface area contributed by atoms with Crippen LogP contribution in [0.2, 0.25) is 0 Å². The molecule has 0 spiro atoms. The van der Waals surface area contributed by atoms with Crippen LogP contribution in [0.1, 0.15) is 19.3 Å². The fourth-order valence-electron chi connectivity index (χ4n) is 0.738. The SMILES string of the molecule is OC1C[CH]CC1. The van der Waals surface area contributed by atoms with Gasteiger partial charge in [0, 0.05) is 0 Å². The lowest BCUT2D eigenvalue weighted by Crippen LogP contribution is -1.94. The quantitative estimate of drug-likeness (QED) is 0.460. The normalized spacial score (nSPS) is 25.5. The van der Waals surface area contributed by atoms with Crippen molar-refractivity contribution in [3.63, 3.8) is 0 Å². The van der Waals surface area contributed by atoms with Gasteiger partial charge in [0.2, 0.25) is 0 Å². The summed E-state index contributed by atoms with van der Waals surface area (Å²) < 4.78 is 0. The molecule has 1 aliphatic rings. The molecule has 1 heteroatoms. The second-order valence-electron chi connectivity index (χ2n) is 1.76. The van der Waals surface area contributed by atoms with Gasteiger partial charge in [0.25, 0.3) is 0 Å². The highest BCUT2D eigenvalue weighted by atomic mass is 16.3. The molecule has 1 nitrogen and oxygen atoms in total. The van der Waals surface area contributed by atoms with Crippen LogP contribution in [0.15, 0.2) is 0 Å². The summed E-state index contributed by atoms with van der Waals surface area (Å²) in [4.78, 5) is 0. The molecule has 0 amide bonds. The second-order valence-corrected chi connectivity index (χ2v) is 1.76. The molecule has 6 heavy (non-hydrogen) atoms. The van der Waals surface area contributed by atoms with Gasteiger partial charge in [0.05, 0.1) is 6.10 Å². The van der Waals surface area contributed by atoms with Crippen LogP contribution in [0.4, 0.5) is 0 Å². The standard InChI is InChI=1S/C5H9O/c6-5-3-1-2-4-5/h1,5-6H,2-4H2. The lowest BCUT2D eigenvalue weighted by Gasteiger charge is -1.91. The van der Waals surface area contributed by atoms with Crippen molar-refractivity contribution < 1.29 is 5.11 Å². The van der Waals surface area contributed by atoms with Crippen molar-refractivity contribution in [1.29, 1.82) is 0 Å². The second kappa shape index (κ2) is 1.61. The zero-order valence-electron chi connectivity index (χ0n) is 3.72. The van der Waals surface area contributed by atoms with E-state index in [2.05, 4.69) is 6.42 Å². The molecule has 1 unspecified atom stereocenters. The molecule has 0 aromatic carbocycles. The first kappa shape index (κ1) is 4.13. The number of aliphatic hydroxyl groups is 1. The summed E-state index contributed by atoms with van der Waals surface area (Å²) in [5, 5.41) is 8.70. The molecule has 0 bridgehead atoms. The van der Waals surface area contributed by atoms with Gasteiger partial charge < -0.3 is 5.11 Å². The molecular weight excluding hydrogens is 76.1 g/mol. The minimum absolute atomic E-state index is 0.00926. The van der Waals surface area contributed by atoms with Crippen molar-refractivity contribution in [2.75, 3.05) is 0 Å². The molecule has 1 radical (unpaired) electrons. The van der Waals surface area contributed by atoms with Crippen molar-refractivity contribution in [2.45, 2.75) is 25.4 Å². The molecule has 0 saturated heterocycles. The van der Waals surface area contributed by atoms with Gasteiger partial charge in [0.1, 0.15) is 0 Å². The Kier molecular flexibility index (Phi) is 1.10. The Labute approximate surface area is 38.0 Å². The van der Waals surface area contributed by atoms with Crippen LogP contribution in [-0.2, 0) is 0 Å². The summed E-state index contributed by atoms with van der Waals surface area (Å²) in [5.74, 6) is 0. The van der Waals surface area contributed by atoms with Gasteiger partial charge in [-0.1, -0.05) is 0 Å². The molecule has 1 fully saturated rings. The summed E-state index contributed by atoms with van der Waals surface area (Å²) in [6, 6.07) is 0. The van der Waals surface area contributed by atoms with Crippen LogP contribution >= 0.6 is 0 Å². The molecule has 1 atom stereocenters. The number of aliphatic hydroxyl groups excluding tert-OH is 1. The van der Waals surface area contributed by atoms with Crippen LogP contribution in [0.5, 0.6) is 0 Å². The lowest BCUT2D eigenvalue weighted by molar-refractivity contribution is 0.186. The molecule has 1 rings (SSSR count). The maximum absolute atomic E-state index is 8.70. The highest BCUT2D eigenvalue weighted by molar-refractivity contribution is 4.79. The Balaban J connectivity index is 2.18. The molecule has 0 heterocycles. The molecule has 35 valence electrons. The topological polar surface area (TPSA) is 20.2 Å². The van der Waals surface area contributed by atoms with E-state index in [0.717, 1.165) is 19.3 Å². The van der Waals surface area contributed by atoms with E-state index in [1.165, 1.54) is 0 Å². The van der Waals surface area contributed by atoms with Gasteiger partial charge in [0.15, 0.2) is 0 Å². The van der Waals surface area contributed by atoms with Crippen LogP contribution in [0.3, 0.4) is 0 Å². The molecule has 0 aliphatic heterocycles. The van der Waals surface area contributed by atoms with Crippen LogP contribution in [0.25, 0.3) is 0 Å². The predicted molar refractivity (Wildman–Crippen MR) is 24.2 cm³/mol. The van der Waals surface area contributed by atoms with E-state index < -0.39 is 0 Å². The monoisotopic (exact) mass is 85.1 g/mol. The smallest absolute Gasteiger partial charge is 0.0543 e. The van der Waals surface area contributed by atoms with Crippen molar-refractivity contribution in [3.8, 4) is 0 Å². The minimum Gasteiger partial charge on any atom is -0.393 e. The van der Waals surface area contributed by atoms with Crippen molar-refractivity contribution >= 4 is 0 Å². The van der Waals surface area contributed by atoms with Crippen molar-refractivity contribution in [1.82, 2.24) is 0 Å². The Morgan fingerprint density at radius 2 is 2.50 bits per heavy atom. The first-order chi connectivity index (χ1) is 2.89. The Morgan fingerprint density at radius 3 is 2.67 bits per heavy atom. The summed E-state index contributed by atoms with van der Waals surface area (Å²) in [6.07, 6.45) is 5.14. The highest BCUT2D eigenvalue weighted by Crippen LogP contribution is 2.15. The van der Waals surface area contributed by atoms with Crippen LogP contribution in [-0.4, -0.2) is 11.2 Å². The maximum atomic E-state index is 8.70. The van der Waals surface area contributed by atoms with E-state index in [-0.39, 0.29) is 6.10 Å². The zero-order valence-corrected chi connectivity index (χ0v) is 3.72. The van der Waals surface area contributed by atoms with Gasteiger partial charge in [-0.05, 0) is 25.7 Å². The van der Waals surface area contributed by atoms with E-state index in [9.17, 15) is 0 Å². The van der Waals surface area contributed by atoms with Crippen molar-refractivity contribution in [2.24, 2.45) is 0 Å². The predicted octanol–water partition coefficient (Wildman–Crippen LogP) is 0.735. The molecule has 0 aromatic heterocycles. The highest BCUT2D eigenvalue weighted by Gasteiger charge is 2.09. The molecular formula is C5H9O. The molecule has 1 N–H and O–H groups in total. The van der Waals surface area contributed by atoms with Gasteiger partial charge in [-0.15, -0.1) is 0 Å². The summed E-state index contributed by atoms with van der Waals surface area (Å²) in [5.41, 5.74) is 0. The first-order valence-corrected chi connectivity index (χ1v) is 2.39. The molecule has 1 aliphatic carbocycles. The number of hydrogen-bond acceptors (Lipinski definition) is 1. The summed E-state index contributed by atoms with van der Waals surface area (Å²) in [7, 11) is 0. The Bertz CT molecular complexity index is 37.2. The van der Waals surface area contributed by atoms with E-state index in [1.807, 2.05) is 0 Å². The third-order valence-corrected chi connectivity index (χ3v) is 1.14.